The minimum Gasteiger partial charge on any atom is -0.393 e. The molecule has 2 unspecified atom stereocenters. The van der Waals surface area contributed by atoms with E-state index in [0.717, 1.165) is 6.42 Å². The summed E-state index contributed by atoms with van der Waals surface area (Å²) in [7, 11) is 0. The predicted molar refractivity (Wildman–Crippen MR) is 56.1 cm³/mol. The van der Waals surface area contributed by atoms with E-state index >= 15 is 0 Å². The predicted octanol–water partition coefficient (Wildman–Crippen LogP) is 3.16. The monoisotopic (exact) mass is 170 g/mol. The molecule has 0 aromatic heterocycles. The third-order valence-corrected chi connectivity index (χ3v) is 1.60. The highest BCUT2D eigenvalue weighted by Gasteiger charge is 2.09. The van der Waals surface area contributed by atoms with Gasteiger partial charge in [-0.2, -0.15) is 0 Å². The minimum atomic E-state index is -0.254. The van der Waals surface area contributed by atoms with Crippen molar-refractivity contribution in [3.05, 3.63) is 25.3 Å². The molecule has 1 nitrogen and oxygen atoms in total. The normalized spacial score (nSPS) is 13.7. The number of allylic oxidation sites excluding steroid dienone is 1. The van der Waals surface area contributed by atoms with Gasteiger partial charge in [0.25, 0.3) is 0 Å². The van der Waals surface area contributed by atoms with Crippen molar-refractivity contribution in [3.8, 4) is 0 Å². The molecule has 0 saturated heterocycles. The smallest absolute Gasteiger partial charge is 0.0603 e. The van der Waals surface area contributed by atoms with Gasteiger partial charge in [-0.3, -0.25) is 0 Å². The van der Waals surface area contributed by atoms with Gasteiger partial charge >= 0.3 is 0 Å². The molecule has 0 saturated carbocycles. The van der Waals surface area contributed by atoms with E-state index in [1.54, 1.807) is 6.08 Å². The van der Waals surface area contributed by atoms with E-state index in [2.05, 4.69) is 13.2 Å². The first-order valence-electron chi connectivity index (χ1n) is 4.62. The van der Waals surface area contributed by atoms with Crippen LogP contribution < -0.4 is 0 Å². The van der Waals surface area contributed by atoms with Crippen LogP contribution in [0.25, 0.3) is 0 Å². The lowest BCUT2D eigenvalue weighted by Gasteiger charge is -2.14. The number of aliphatic hydroxyl groups is 1. The molecule has 0 heterocycles. The second-order valence-corrected chi connectivity index (χ2v) is 2.59. The molecule has 0 spiro atoms. The second-order valence-electron chi connectivity index (χ2n) is 2.59. The summed E-state index contributed by atoms with van der Waals surface area (Å²) in [6.07, 6.45) is 4.86. The Hall–Kier alpha value is -0.560. The van der Waals surface area contributed by atoms with Gasteiger partial charge in [0.05, 0.1) is 6.10 Å². The quantitative estimate of drug-likeness (QED) is 0.628. The molecule has 12 heavy (non-hydrogen) atoms. The van der Waals surface area contributed by atoms with E-state index in [4.69, 9.17) is 0 Å². The molecule has 72 valence electrons. The van der Waals surface area contributed by atoms with Crippen molar-refractivity contribution in [2.45, 2.75) is 39.7 Å². The van der Waals surface area contributed by atoms with Crippen LogP contribution in [0.1, 0.15) is 33.6 Å². The molecule has 0 fully saturated rings. The molecular weight excluding hydrogens is 148 g/mol. The van der Waals surface area contributed by atoms with E-state index in [1.807, 2.05) is 26.8 Å². The molecule has 0 amide bonds. The summed E-state index contributed by atoms with van der Waals surface area (Å²) in [4.78, 5) is 0. The second kappa shape index (κ2) is 10.4. The zero-order chi connectivity index (χ0) is 9.98. The molecule has 2 atom stereocenters. The maximum absolute atomic E-state index is 9.33. The standard InChI is InChI=1S/C9H16O.C2H6/c1-4-6-8(3)9(10)7-5-2;1-2/h4-5,8-10H,1-2,6-7H2,3H3;1-2H3. The fraction of sp³-hybridized carbons (Fsp3) is 0.636. The van der Waals surface area contributed by atoms with Crippen LogP contribution in [0, 0.1) is 5.92 Å². The lowest BCUT2D eigenvalue weighted by molar-refractivity contribution is 0.121. The average Bonchev–Trinajstić information content (AvgIpc) is 2.09. The van der Waals surface area contributed by atoms with Crippen LogP contribution in [-0.2, 0) is 0 Å². The van der Waals surface area contributed by atoms with Gasteiger partial charge < -0.3 is 5.11 Å². The van der Waals surface area contributed by atoms with Crippen LogP contribution >= 0.6 is 0 Å². The Labute approximate surface area is 76.8 Å². The van der Waals surface area contributed by atoms with Crippen LogP contribution in [0.15, 0.2) is 25.3 Å². The van der Waals surface area contributed by atoms with Gasteiger partial charge in [-0.05, 0) is 18.8 Å². The van der Waals surface area contributed by atoms with Gasteiger partial charge in [0, 0.05) is 0 Å². The van der Waals surface area contributed by atoms with Crippen molar-refractivity contribution in [1.82, 2.24) is 0 Å². The number of aliphatic hydroxyl groups excluding tert-OH is 1. The molecule has 0 aliphatic carbocycles. The van der Waals surface area contributed by atoms with Gasteiger partial charge in [-0.1, -0.05) is 32.9 Å². The Kier molecular flexibility index (Phi) is 12.2. The summed E-state index contributed by atoms with van der Waals surface area (Å²) in [5.41, 5.74) is 0. The van der Waals surface area contributed by atoms with Crippen LogP contribution in [0.3, 0.4) is 0 Å². The molecule has 0 aromatic rings. The number of hydrogen-bond acceptors (Lipinski definition) is 1. The third-order valence-electron chi connectivity index (χ3n) is 1.60. The molecule has 1 N–H and O–H groups in total. The fourth-order valence-corrected chi connectivity index (χ4v) is 0.823. The first kappa shape index (κ1) is 14.0. The summed E-state index contributed by atoms with van der Waals surface area (Å²) in [5.74, 6) is 0.301. The molecule has 0 aliphatic heterocycles. The Balaban J connectivity index is 0. The average molecular weight is 170 g/mol. The minimum absolute atomic E-state index is 0.254. The molecular formula is C11H22O. The largest absolute Gasteiger partial charge is 0.393 e. The Morgan fingerprint density at radius 3 is 1.92 bits per heavy atom. The molecule has 0 aromatic carbocycles. The van der Waals surface area contributed by atoms with Crippen molar-refractivity contribution in [2.24, 2.45) is 5.92 Å². The fourth-order valence-electron chi connectivity index (χ4n) is 0.823. The van der Waals surface area contributed by atoms with Crippen molar-refractivity contribution in [2.75, 3.05) is 0 Å². The van der Waals surface area contributed by atoms with Gasteiger partial charge in [0.2, 0.25) is 0 Å². The maximum Gasteiger partial charge on any atom is 0.0603 e. The summed E-state index contributed by atoms with van der Waals surface area (Å²) < 4.78 is 0. The van der Waals surface area contributed by atoms with Gasteiger partial charge in [-0.15, -0.1) is 13.2 Å². The summed E-state index contributed by atoms with van der Waals surface area (Å²) in [6.45, 7) is 13.2. The zero-order valence-electron chi connectivity index (χ0n) is 8.59. The highest BCUT2D eigenvalue weighted by molar-refractivity contribution is 4.80. The molecule has 0 radical (unpaired) electrons. The first-order valence-corrected chi connectivity index (χ1v) is 4.62. The highest BCUT2D eigenvalue weighted by Crippen LogP contribution is 2.11. The third kappa shape index (κ3) is 7.55. The first-order chi connectivity index (χ1) is 5.72. The van der Waals surface area contributed by atoms with Crippen molar-refractivity contribution >= 4 is 0 Å². The Morgan fingerprint density at radius 1 is 1.17 bits per heavy atom. The molecule has 0 aliphatic rings. The van der Waals surface area contributed by atoms with E-state index in [-0.39, 0.29) is 6.10 Å². The SMILES string of the molecule is C=CCC(C)C(O)CC=C.CC. The van der Waals surface area contributed by atoms with Crippen LogP contribution in [0.5, 0.6) is 0 Å². The van der Waals surface area contributed by atoms with Gasteiger partial charge in [0.1, 0.15) is 0 Å². The summed E-state index contributed by atoms with van der Waals surface area (Å²) in [5, 5.41) is 9.33. The van der Waals surface area contributed by atoms with Crippen molar-refractivity contribution in [3.63, 3.8) is 0 Å². The summed E-state index contributed by atoms with van der Waals surface area (Å²) >= 11 is 0. The van der Waals surface area contributed by atoms with Crippen molar-refractivity contribution < 1.29 is 5.11 Å². The number of rotatable bonds is 5. The van der Waals surface area contributed by atoms with E-state index < -0.39 is 0 Å². The zero-order valence-corrected chi connectivity index (χ0v) is 8.59. The van der Waals surface area contributed by atoms with Gasteiger partial charge in [0.15, 0.2) is 0 Å². The van der Waals surface area contributed by atoms with E-state index in [9.17, 15) is 5.11 Å². The summed E-state index contributed by atoms with van der Waals surface area (Å²) in [6, 6.07) is 0. The lowest BCUT2D eigenvalue weighted by Crippen LogP contribution is -2.15. The van der Waals surface area contributed by atoms with Crippen molar-refractivity contribution in [1.29, 1.82) is 0 Å². The maximum atomic E-state index is 9.33. The molecule has 1 heteroatoms. The lowest BCUT2D eigenvalue weighted by atomic mass is 9.99. The Morgan fingerprint density at radius 2 is 1.58 bits per heavy atom. The topological polar surface area (TPSA) is 20.2 Å². The molecule has 0 bridgehead atoms. The molecule has 0 rings (SSSR count). The highest BCUT2D eigenvalue weighted by atomic mass is 16.3. The van der Waals surface area contributed by atoms with E-state index in [0.29, 0.717) is 12.3 Å². The van der Waals surface area contributed by atoms with Crippen LogP contribution in [0.4, 0.5) is 0 Å². The van der Waals surface area contributed by atoms with Crippen LogP contribution in [-0.4, -0.2) is 11.2 Å². The number of hydrogen-bond donors (Lipinski definition) is 1. The Bertz CT molecular complexity index is 93.6. The van der Waals surface area contributed by atoms with Crippen LogP contribution in [0.2, 0.25) is 0 Å². The van der Waals surface area contributed by atoms with E-state index in [1.165, 1.54) is 0 Å². The van der Waals surface area contributed by atoms with Gasteiger partial charge in [-0.25, -0.2) is 0 Å².